The number of aliphatic carboxylic acids is 1. The van der Waals surface area contributed by atoms with Crippen molar-refractivity contribution in [3.63, 3.8) is 0 Å². The third kappa shape index (κ3) is 20.2. The molecule has 0 saturated carbocycles. The van der Waals surface area contributed by atoms with E-state index in [1.54, 1.807) is 41.5 Å². The number of nitrogens with one attached hydrogen (secondary N) is 2. The van der Waals surface area contributed by atoms with Gasteiger partial charge in [0.1, 0.15) is 29.9 Å². The molecular weight excluding hydrogens is 568 g/mol. The summed E-state index contributed by atoms with van der Waals surface area (Å²) < 4.78 is 24.2. The van der Waals surface area contributed by atoms with Crippen LogP contribution in [-0.2, 0) is 49.5 Å². The minimum atomic E-state index is -1.23. The molecule has 14 heteroatoms. The van der Waals surface area contributed by atoms with Crippen LogP contribution in [0.25, 0.3) is 0 Å². The highest BCUT2D eigenvalue weighted by Gasteiger charge is 2.27. The molecule has 0 bridgehead atoms. The number of ether oxygens (including phenoxy) is 5. The highest BCUT2D eigenvalue weighted by molar-refractivity contribution is 5.82. The topological polar surface area (TPSA) is 193 Å². The standard InChI is InChI=1S/C18H25NO6.C11H19NO6/c1-18(2,3)25-17(22)19-14(10-11-15(20)23-4)16(21)24-12-13-8-6-5-7-9-13;1-11(2,3)18-10(16)12-7(9(14)15)5-6-8(13)17-4/h5-9,14H,10-12H2,1-4H3,(H,19,22);7H,5-6H2,1-4H3,(H,12,16)(H,14,15)/t14-;7-/m00/s1. The molecule has 3 N–H and O–H groups in total. The Morgan fingerprint density at radius 1 is 0.721 bits per heavy atom. The van der Waals surface area contributed by atoms with E-state index in [9.17, 15) is 28.8 Å². The van der Waals surface area contributed by atoms with Gasteiger partial charge in [0, 0.05) is 12.8 Å². The number of hydrogen-bond donors (Lipinski definition) is 3. The van der Waals surface area contributed by atoms with E-state index in [4.69, 9.17) is 19.3 Å². The predicted molar refractivity (Wildman–Crippen MR) is 153 cm³/mol. The summed E-state index contributed by atoms with van der Waals surface area (Å²) >= 11 is 0. The van der Waals surface area contributed by atoms with Gasteiger partial charge < -0.3 is 39.4 Å². The summed E-state index contributed by atoms with van der Waals surface area (Å²) in [5.74, 6) is -2.89. The van der Waals surface area contributed by atoms with Crippen LogP contribution in [0.2, 0.25) is 0 Å². The number of carboxylic acid groups (broad SMARTS) is 1. The average Bonchev–Trinajstić information content (AvgIpc) is 2.90. The molecule has 0 aliphatic rings. The lowest BCUT2D eigenvalue weighted by Crippen LogP contribution is -2.44. The van der Waals surface area contributed by atoms with Gasteiger partial charge in [0.15, 0.2) is 0 Å². The van der Waals surface area contributed by atoms with Gasteiger partial charge in [-0.3, -0.25) is 9.59 Å². The lowest BCUT2D eigenvalue weighted by Gasteiger charge is -2.22. The van der Waals surface area contributed by atoms with E-state index >= 15 is 0 Å². The maximum absolute atomic E-state index is 12.3. The quantitative estimate of drug-likeness (QED) is 0.230. The second kappa shape index (κ2) is 18.9. The Hall–Kier alpha value is -4.36. The summed E-state index contributed by atoms with van der Waals surface area (Å²) in [7, 11) is 2.46. The van der Waals surface area contributed by atoms with E-state index < -0.39 is 59.3 Å². The van der Waals surface area contributed by atoms with Crippen LogP contribution < -0.4 is 10.6 Å². The second-order valence-corrected chi connectivity index (χ2v) is 11.1. The number of benzene rings is 1. The molecule has 0 aliphatic carbocycles. The van der Waals surface area contributed by atoms with Gasteiger partial charge in [-0.2, -0.15) is 0 Å². The zero-order valence-corrected chi connectivity index (χ0v) is 26.0. The number of rotatable bonds is 12. The van der Waals surface area contributed by atoms with Crippen molar-refractivity contribution >= 4 is 36.1 Å². The molecule has 0 aliphatic heterocycles. The minimum absolute atomic E-state index is 0.0304. The second-order valence-electron chi connectivity index (χ2n) is 11.1. The van der Waals surface area contributed by atoms with Crippen LogP contribution in [0.15, 0.2) is 30.3 Å². The zero-order chi connectivity index (χ0) is 33.2. The molecule has 1 rings (SSSR count). The number of alkyl carbamates (subject to hydrolysis) is 2. The first-order valence-electron chi connectivity index (χ1n) is 13.4. The maximum atomic E-state index is 12.3. The van der Waals surface area contributed by atoms with Crippen molar-refractivity contribution in [1.82, 2.24) is 10.6 Å². The molecule has 0 unspecified atom stereocenters. The Morgan fingerprint density at radius 3 is 1.53 bits per heavy atom. The molecular formula is C29H44N2O12. The number of carbonyl (C=O) groups is 6. The van der Waals surface area contributed by atoms with Gasteiger partial charge in [-0.15, -0.1) is 0 Å². The zero-order valence-electron chi connectivity index (χ0n) is 26.0. The molecule has 2 atom stereocenters. The molecule has 242 valence electrons. The predicted octanol–water partition coefficient (Wildman–Crippen LogP) is 3.49. The fraction of sp³-hybridized carbons (Fsp3) is 0.586. The van der Waals surface area contributed by atoms with Crippen molar-refractivity contribution in [3.8, 4) is 0 Å². The molecule has 43 heavy (non-hydrogen) atoms. The number of amides is 2. The third-order valence-electron chi connectivity index (χ3n) is 4.92. The molecule has 0 saturated heterocycles. The SMILES string of the molecule is COC(=O)CC[C@H](NC(=O)OC(C)(C)C)C(=O)O.COC(=O)CC[C@H](NC(=O)OC(C)(C)C)C(=O)OCc1ccccc1. The van der Waals surface area contributed by atoms with Crippen LogP contribution in [0.1, 0.15) is 72.8 Å². The molecule has 14 nitrogen and oxygen atoms in total. The van der Waals surface area contributed by atoms with Crippen LogP contribution in [0, 0.1) is 0 Å². The van der Waals surface area contributed by atoms with Crippen molar-refractivity contribution in [1.29, 1.82) is 0 Å². The molecule has 1 aromatic carbocycles. The Labute approximate surface area is 251 Å². The van der Waals surface area contributed by atoms with Crippen LogP contribution in [0.5, 0.6) is 0 Å². The first-order valence-corrected chi connectivity index (χ1v) is 13.4. The average molecular weight is 613 g/mol. The van der Waals surface area contributed by atoms with Crippen LogP contribution in [-0.4, -0.2) is 78.7 Å². The van der Waals surface area contributed by atoms with E-state index in [1.807, 2.05) is 30.3 Å². The van der Waals surface area contributed by atoms with E-state index in [0.29, 0.717) is 0 Å². The van der Waals surface area contributed by atoms with Gasteiger partial charge in [0.05, 0.1) is 14.2 Å². The van der Waals surface area contributed by atoms with Gasteiger partial charge in [0.2, 0.25) is 0 Å². The monoisotopic (exact) mass is 612 g/mol. The van der Waals surface area contributed by atoms with Crippen molar-refractivity contribution in [3.05, 3.63) is 35.9 Å². The van der Waals surface area contributed by atoms with Crippen LogP contribution in [0.4, 0.5) is 9.59 Å². The Balaban J connectivity index is 0.000000869. The van der Waals surface area contributed by atoms with Crippen LogP contribution >= 0.6 is 0 Å². The Kier molecular flexibility index (Phi) is 17.0. The van der Waals surface area contributed by atoms with Crippen molar-refractivity contribution in [2.45, 2.75) is 97.1 Å². The summed E-state index contributed by atoms with van der Waals surface area (Å²) in [5, 5.41) is 13.5. The largest absolute Gasteiger partial charge is 0.480 e. The van der Waals surface area contributed by atoms with E-state index in [-0.39, 0.29) is 32.3 Å². The molecule has 0 heterocycles. The van der Waals surface area contributed by atoms with Crippen molar-refractivity contribution in [2.24, 2.45) is 0 Å². The van der Waals surface area contributed by atoms with Gasteiger partial charge in [-0.25, -0.2) is 19.2 Å². The van der Waals surface area contributed by atoms with Gasteiger partial charge in [-0.05, 0) is 59.9 Å². The lowest BCUT2D eigenvalue weighted by atomic mass is 10.1. The summed E-state index contributed by atoms with van der Waals surface area (Å²) in [4.78, 5) is 68.6. The summed E-state index contributed by atoms with van der Waals surface area (Å²) in [6.07, 6.45) is -1.71. The fourth-order valence-corrected chi connectivity index (χ4v) is 2.96. The molecule has 0 fully saturated rings. The van der Waals surface area contributed by atoms with Crippen molar-refractivity contribution < 1.29 is 57.6 Å². The van der Waals surface area contributed by atoms with E-state index in [1.165, 1.54) is 14.2 Å². The first kappa shape index (κ1) is 38.6. The lowest BCUT2D eigenvalue weighted by molar-refractivity contribution is -0.148. The normalized spacial score (nSPS) is 12.2. The number of hydrogen-bond acceptors (Lipinski definition) is 11. The van der Waals surface area contributed by atoms with Gasteiger partial charge in [0.25, 0.3) is 0 Å². The summed E-state index contributed by atoms with van der Waals surface area (Å²) in [6.45, 7) is 10.2. The van der Waals surface area contributed by atoms with Crippen molar-refractivity contribution in [2.75, 3.05) is 14.2 Å². The van der Waals surface area contributed by atoms with Crippen LogP contribution in [0.3, 0.4) is 0 Å². The highest BCUT2D eigenvalue weighted by atomic mass is 16.6. The maximum Gasteiger partial charge on any atom is 0.408 e. The van der Waals surface area contributed by atoms with E-state index in [0.717, 1.165) is 5.56 Å². The number of carboxylic acids is 1. The van der Waals surface area contributed by atoms with Gasteiger partial charge >= 0.3 is 36.1 Å². The van der Waals surface area contributed by atoms with Gasteiger partial charge in [-0.1, -0.05) is 30.3 Å². The minimum Gasteiger partial charge on any atom is -0.480 e. The highest BCUT2D eigenvalue weighted by Crippen LogP contribution is 2.10. The third-order valence-corrected chi connectivity index (χ3v) is 4.92. The molecule has 0 aromatic heterocycles. The molecule has 0 radical (unpaired) electrons. The summed E-state index contributed by atoms with van der Waals surface area (Å²) in [6, 6.07) is 6.97. The Morgan fingerprint density at radius 2 is 1.14 bits per heavy atom. The molecule has 1 aromatic rings. The molecule has 0 spiro atoms. The number of methoxy groups -OCH3 is 2. The number of carbonyl (C=O) groups excluding carboxylic acids is 5. The fourth-order valence-electron chi connectivity index (χ4n) is 2.96. The summed E-state index contributed by atoms with van der Waals surface area (Å²) in [5.41, 5.74) is -0.597. The van der Waals surface area contributed by atoms with E-state index in [2.05, 4.69) is 20.1 Å². The smallest absolute Gasteiger partial charge is 0.408 e. The molecule has 2 amide bonds. The first-order chi connectivity index (χ1) is 19.9. The number of esters is 3. The Bertz CT molecular complexity index is 1060.